The fourth-order valence-electron chi connectivity index (χ4n) is 3.00. The van der Waals surface area contributed by atoms with E-state index in [9.17, 15) is 9.18 Å². The van der Waals surface area contributed by atoms with Gasteiger partial charge >= 0.3 is 0 Å². The zero-order valence-corrected chi connectivity index (χ0v) is 14.3. The van der Waals surface area contributed by atoms with Crippen LogP contribution in [0, 0.1) is 5.82 Å². The lowest BCUT2D eigenvalue weighted by atomic mass is 10.0. The molecule has 0 saturated carbocycles. The van der Waals surface area contributed by atoms with E-state index >= 15 is 0 Å². The monoisotopic (exact) mass is 377 g/mol. The third-order valence-electron chi connectivity index (χ3n) is 4.17. The van der Waals surface area contributed by atoms with Gasteiger partial charge in [0.25, 0.3) is 5.91 Å². The topological polar surface area (TPSA) is 29.5 Å². The van der Waals surface area contributed by atoms with Gasteiger partial charge in [-0.15, -0.1) is 0 Å². The first-order valence-electron chi connectivity index (χ1n) is 7.50. The van der Waals surface area contributed by atoms with E-state index in [0.717, 1.165) is 24.2 Å². The first-order valence-corrected chi connectivity index (χ1v) is 8.29. The molecule has 0 radical (unpaired) electrons. The molecule has 120 valence electrons. The van der Waals surface area contributed by atoms with E-state index in [0.29, 0.717) is 11.0 Å². The van der Waals surface area contributed by atoms with E-state index in [1.54, 1.807) is 24.1 Å². The molecule has 1 aliphatic rings. The van der Waals surface area contributed by atoms with Gasteiger partial charge in [0.1, 0.15) is 11.6 Å². The number of ether oxygens (including phenoxy) is 1. The highest BCUT2D eigenvalue weighted by Gasteiger charge is 2.31. The maximum atomic E-state index is 14.0. The highest BCUT2D eigenvalue weighted by atomic mass is 79.9. The van der Waals surface area contributed by atoms with Gasteiger partial charge in [-0.1, -0.05) is 28.1 Å². The number of carbonyl (C=O) groups is 1. The minimum atomic E-state index is -0.487. The van der Waals surface area contributed by atoms with E-state index in [2.05, 4.69) is 15.9 Å². The van der Waals surface area contributed by atoms with Crippen LogP contribution in [0.15, 0.2) is 46.9 Å². The number of benzene rings is 2. The van der Waals surface area contributed by atoms with Crippen molar-refractivity contribution >= 4 is 21.8 Å². The summed E-state index contributed by atoms with van der Waals surface area (Å²) in [5.41, 5.74) is 1.16. The van der Waals surface area contributed by atoms with Crippen molar-refractivity contribution in [1.82, 2.24) is 4.90 Å². The quantitative estimate of drug-likeness (QED) is 0.783. The largest absolute Gasteiger partial charge is 0.497 e. The number of rotatable bonds is 3. The number of likely N-dealkylation sites (tertiary alicyclic amines) is 1. The highest BCUT2D eigenvalue weighted by Crippen LogP contribution is 2.34. The molecule has 2 aromatic carbocycles. The lowest BCUT2D eigenvalue weighted by Gasteiger charge is -2.25. The van der Waals surface area contributed by atoms with Crippen LogP contribution in [0.25, 0.3) is 0 Å². The molecule has 1 amide bonds. The van der Waals surface area contributed by atoms with Gasteiger partial charge in [0.2, 0.25) is 0 Å². The standard InChI is InChI=1S/C18H17BrFNO2/c1-23-14-7-4-12(5-8-14)17-3-2-10-21(17)18(22)15-11-13(19)6-9-16(15)20/h4-9,11,17H,2-3,10H2,1H3. The summed E-state index contributed by atoms with van der Waals surface area (Å²) in [7, 11) is 1.62. The first-order chi connectivity index (χ1) is 11.1. The predicted molar refractivity (Wildman–Crippen MR) is 90.1 cm³/mol. The summed E-state index contributed by atoms with van der Waals surface area (Å²) in [6.07, 6.45) is 1.80. The summed E-state index contributed by atoms with van der Waals surface area (Å²) >= 11 is 3.30. The van der Waals surface area contributed by atoms with Crippen molar-refractivity contribution in [3.8, 4) is 5.75 Å². The zero-order valence-electron chi connectivity index (χ0n) is 12.8. The Balaban J connectivity index is 1.88. The fourth-order valence-corrected chi connectivity index (χ4v) is 3.36. The fraction of sp³-hybridized carbons (Fsp3) is 0.278. The number of amides is 1. The molecule has 0 N–H and O–H groups in total. The second-order valence-electron chi connectivity index (χ2n) is 5.55. The van der Waals surface area contributed by atoms with E-state index in [1.165, 1.54) is 6.07 Å². The molecule has 0 bridgehead atoms. The second kappa shape index (κ2) is 6.71. The van der Waals surface area contributed by atoms with Crippen LogP contribution in [0.4, 0.5) is 4.39 Å². The Morgan fingerprint density at radius 3 is 2.70 bits per heavy atom. The molecule has 1 saturated heterocycles. The van der Waals surface area contributed by atoms with Gasteiger partial charge in [0.15, 0.2) is 0 Å². The van der Waals surface area contributed by atoms with Gasteiger partial charge in [0.05, 0.1) is 18.7 Å². The molecule has 1 fully saturated rings. The lowest BCUT2D eigenvalue weighted by molar-refractivity contribution is 0.0731. The van der Waals surface area contributed by atoms with Crippen molar-refractivity contribution in [2.24, 2.45) is 0 Å². The highest BCUT2D eigenvalue weighted by molar-refractivity contribution is 9.10. The molecule has 1 heterocycles. The number of methoxy groups -OCH3 is 1. The molecule has 0 spiro atoms. The summed E-state index contributed by atoms with van der Waals surface area (Å²) in [5.74, 6) is 0.0309. The number of halogens is 2. The Labute approximate surface area is 143 Å². The molecule has 1 unspecified atom stereocenters. The van der Waals surface area contributed by atoms with Crippen LogP contribution in [-0.2, 0) is 0 Å². The molecule has 5 heteroatoms. The van der Waals surface area contributed by atoms with Gasteiger partial charge < -0.3 is 9.64 Å². The van der Waals surface area contributed by atoms with Crippen molar-refractivity contribution in [1.29, 1.82) is 0 Å². The van der Waals surface area contributed by atoms with E-state index in [-0.39, 0.29) is 17.5 Å². The van der Waals surface area contributed by atoms with Gasteiger partial charge in [-0.3, -0.25) is 4.79 Å². The summed E-state index contributed by atoms with van der Waals surface area (Å²) in [6, 6.07) is 12.1. The minimum Gasteiger partial charge on any atom is -0.497 e. The van der Waals surface area contributed by atoms with Crippen LogP contribution in [0.5, 0.6) is 5.75 Å². The van der Waals surface area contributed by atoms with E-state index in [1.807, 2.05) is 24.3 Å². The van der Waals surface area contributed by atoms with Crippen LogP contribution in [0.3, 0.4) is 0 Å². The average molecular weight is 378 g/mol. The maximum Gasteiger partial charge on any atom is 0.257 e. The van der Waals surface area contributed by atoms with Gasteiger partial charge in [-0.05, 0) is 48.7 Å². The summed E-state index contributed by atoms with van der Waals surface area (Å²) < 4.78 is 19.9. The number of hydrogen-bond donors (Lipinski definition) is 0. The maximum absolute atomic E-state index is 14.0. The molecular formula is C18H17BrFNO2. The third kappa shape index (κ3) is 3.24. The molecule has 23 heavy (non-hydrogen) atoms. The smallest absolute Gasteiger partial charge is 0.257 e. The predicted octanol–water partition coefficient (Wildman–Crippen LogP) is 4.57. The summed E-state index contributed by atoms with van der Waals surface area (Å²) in [5, 5.41) is 0. The van der Waals surface area contributed by atoms with Crippen molar-refractivity contribution < 1.29 is 13.9 Å². The van der Waals surface area contributed by atoms with Crippen LogP contribution >= 0.6 is 15.9 Å². The lowest BCUT2D eigenvalue weighted by Crippen LogP contribution is -2.31. The third-order valence-corrected chi connectivity index (χ3v) is 4.67. The van der Waals surface area contributed by atoms with E-state index < -0.39 is 5.82 Å². The van der Waals surface area contributed by atoms with Crippen molar-refractivity contribution in [3.05, 3.63) is 63.9 Å². The van der Waals surface area contributed by atoms with Gasteiger partial charge in [0, 0.05) is 11.0 Å². The van der Waals surface area contributed by atoms with Crippen LogP contribution in [0.1, 0.15) is 34.8 Å². The number of carbonyl (C=O) groups excluding carboxylic acids is 1. The van der Waals surface area contributed by atoms with Crippen LogP contribution < -0.4 is 4.74 Å². The molecule has 0 aliphatic carbocycles. The minimum absolute atomic E-state index is 0.0215. The molecule has 3 nitrogen and oxygen atoms in total. The normalized spacial score (nSPS) is 17.3. The van der Waals surface area contributed by atoms with Crippen molar-refractivity contribution in [3.63, 3.8) is 0 Å². The Morgan fingerprint density at radius 1 is 1.26 bits per heavy atom. The Hall–Kier alpha value is -1.88. The van der Waals surface area contributed by atoms with Gasteiger partial charge in [-0.2, -0.15) is 0 Å². The Bertz CT molecular complexity index is 717. The number of nitrogens with zero attached hydrogens (tertiary/aromatic N) is 1. The van der Waals surface area contributed by atoms with Crippen LogP contribution in [-0.4, -0.2) is 24.5 Å². The SMILES string of the molecule is COc1ccc(C2CCCN2C(=O)c2cc(Br)ccc2F)cc1. The van der Waals surface area contributed by atoms with Crippen molar-refractivity contribution in [2.75, 3.05) is 13.7 Å². The number of hydrogen-bond acceptors (Lipinski definition) is 2. The molecule has 0 aromatic heterocycles. The first kappa shape index (κ1) is 16.0. The van der Waals surface area contributed by atoms with Crippen LogP contribution in [0.2, 0.25) is 0 Å². The molecule has 1 atom stereocenters. The van der Waals surface area contributed by atoms with Gasteiger partial charge in [-0.25, -0.2) is 4.39 Å². The average Bonchev–Trinajstić information content (AvgIpc) is 3.06. The van der Waals surface area contributed by atoms with Crippen molar-refractivity contribution in [2.45, 2.75) is 18.9 Å². The molecular weight excluding hydrogens is 361 g/mol. The summed E-state index contributed by atoms with van der Waals surface area (Å²) in [4.78, 5) is 14.5. The molecule has 1 aliphatic heterocycles. The van der Waals surface area contributed by atoms with E-state index in [4.69, 9.17) is 4.74 Å². The second-order valence-corrected chi connectivity index (χ2v) is 6.47. The summed E-state index contributed by atoms with van der Waals surface area (Å²) in [6.45, 7) is 0.640. The Morgan fingerprint density at radius 2 is 2.00 bits per heavy atom. The molecule has 2 aromatic rings. The zero-order chi connectivity index (χ0) is 16.4. The molecule has 3 rings (SSSR count). The Kier molecular flexibility index (Phi) is 4.66.